The van der Waals surface area contributed by atoms with Crippen molar-refractivity contribution in [3.8, 4) is 0 Å². The number of methoxy groups -OCH3 is 1. The van der Waals surface area contributed by atoms with Gasteiger partial charge in [-0.1, -0.05) is 18.2 Å². The highest BCUT2D eigenvalue weighted by Crippen LogP contribution is 2.12. The molecule has 0 aromatic heterocycles. The predicted molar refractivity (Wildman–Crippen MR) is 70.6 cm³/mol. The fraction of sp³-hybridized carbons (Fsp3) is 0.385. The number of carboxylic acid groups (broad SMARTS) is 1. The molecule has 1 amide bonds. The van der Waals surface area contributed by atoms with E-state index in [1.807, 2.05) is 18.2 Å². The van der Waals surface area contributed by atoms with E-state index in [4.69, 9.17) is 15.6 Å². The second-order valence-electron chi connectivity index (χ2n) is 4.07. The Hall–Kier alpha value is -2.08. The number of benzene rings is 1. The number of nitrogens with two attached hydrogens (primary N) is 1. The van der Waals surface area contributed by atoms with Crippen LogP contribution >= 0.6 is 0 Å². The molecule has 1 unspecified atom stereocenters. The van der Waals surface area contributed by atoms with Crippen LogP contribution in [-0.4, -0.2) is 36.7 Å². The maximum absolute atomic E-state index is 11.6. The number of ether oxygens (including phenoxy) is 1. The van der Waals surface area contributed by atoms with Gasteiger partial charge >= 0.3 is 5.97 Å². The third-order valence-corrected chi connectivity index (χ3v) is 2.72. The number of anilines is 1. The van der Waals surface area contributed by atoms with Crippen LogP contribution in [0.3, 0.4) is 0 Å². The average Bonchev–Trinajstić information content (AvgIpc) is 2.38. The van der Waals surface area contributed by atoms with Crippen LogP contribution in [0.15, 0.2) is 24.3 Å². The predicted octanol–water partition coefficient (Wildman–Crippen LogP) is 0.417. The first-order valence-electron chi connectivity index (χ1n) is 5.90. The molecule has 0 heterocycles. The smallest absolute Gasteiger partial charge is 0.334 e. The SMILES string of the molecule is COC(CNC(=O)CCc1ccccc1N)C(=O)O. The summed E-state index contributed by atoms with van der Waals surface area (Å²) in [6.07, 6.45) is -0.251. The summed E-state index contributed by atoms with van der Waals surface area (Å²) in [4.78, 5) is 22.2. The molecular weight excluding hydrogens is 248 g/mol. The highest BCUT2D eigenvalue weighted by atomic mass is 16.5. The first-order valence-corrected chi connectivity index (χ1v) is 5.90. The molecule has 0 saturated carbocycles. The van der Waals surface area contributed by atoms with Crippen LogP contribution in [0.25, 0.3) is 0 Å². The minimum absolute atomic E-state index is 0.0467. The molecule has 0 aliphatic carbocycles. The van der Waals surface area contributed by atoms with E-state index in [1.165, 1.54) is 7.11 Å². The summed E-state index contributed by atoms with van der Waals surface area (Å²) in [5.74, 6) is -1.33. The molecule has 6 nitrogen and oxygen atoms in total. The summed E-state index contributed by atoms with van der Waals surface area (Å²) in [5.41, 5.74) is 7.31. The number of para-hydroxylation sites is 1. The van der Waals surface area contributed by atoms with Gasteiger partial charge in [0, 0.05) is 19.2 Å². The van der Waals surface area contributed by atoms with E-state index in [9.17, 15) is 9.59 Å². The first-order chi connectivity index (χ1) is 9.04. The normalized spacial score (nSPS) is 11.8. The van der Waals surface area contributed by atoms with Crippen molar-refractivity contribution in [2.24, 2.45) is 0 Å². The summed E-state index contributed by atoms with van der Waals surface area (Å²) in [5, 5.41) is 11.3. The van der Waals surface area contributed by atoms with Crippen LogP contribution in [0.4, 0.5) is 5.69 Å². The molecule has 104 valence electrons. The number of nitrogen functional groups attached to an aromatic ring is 1. The Morgan fingerprint density at radius 3 is 2.68 bits per heavy atom. The summed E-state index contributed by atoms with van der Waals surface area (Å²) >= 11 is 0. The molecule has 0 aliphatic rings. The third kappa shape index (κ3) is 4.97. The lowest BCUT2D eigenvalue weighted by atomic mass is 10.1. The maximum Gasteiger partial charge on any atom is 0.334 e. The zero-order valence-corrected chi connectivity index (χ0v) is 10.8. The molecule has 1 rings (SSSR count). The lowest BCUT2D eigenvalue weighted by molar-refractivity contribution is -0.148. The van der Waals surface area contributed by atoms with Crippen LogP contribution < -0.4 is 11.1 Å². The zero-order chi connectivity index (χ0) is 14.3. The van der Waals surface area contributed by atoms with Crippen LogP contribution in [0.5, 0.6) is 0 Å². The monoisotopic (exact) mass is 266 g/mol. The van der Waals surface area contributed by atoms with Crippen molar-refractivity contribution in [2.75, 3.05) is 19.4 Å². The number of amides is 1. The number of carboxylic acids is 1. The van der Waals surface area contributed by atoms with Gasteiger partial charge in [0.2, 0.25) is 5.91 Å². The maximum atomic E-state index is 11.6. The van der Waals surface area contributed by atoms with Gasteiger partial charge in [0.1, 0.15) is 0 Å². The fourth-order valence-electron chi connectivity index (χ4n) is 1.58. The van der Waals surface area contributed by atoms with Gasteiger partial charge in [-0.2, -0.15) is 0 Å². The first kappa shape index (κ1) is 15.0. The average molecular weight is 266 g/mol. The molecule has 19 heavy (non-hydrogen) atoms. The second kappa shape index (κ2) is 7.38. The van der Waals surface area contributed by atoms with Gasteiger partial charge in [-0.3, -0.25) is 4.79 Å². The lowest BCUT2D eigenvalue weighted by Crippen LogP contribution is -2.37. The molecule has 1 aromatic carbocycles. The number of nitrogens with one attached hydrogen (secondary N) is 1. The Bertz CT molecular complexity index is 448. The van der Waals surface area contributed by atoms with Gasteiger partial charge in [-0.15, -0.1) is 0 Å². The molecule has 0 bridgehead atoms. The fourth-order valence-corrected chi connectivity index (χ4v) is 1.58. The van der Waals surface area contributed by atoms with Gasteiger partial charge in [0.25, 0.3) is 0 Å². The van der Waals surface area contributed by atoms with Crippen LogP contribution in [0.1, 0.15) is 12.0 Å². The van der Waals surface area contributed by atoms with E-state index < -0.39 is 12.1 Å². The molecule has 0 saturated heterocycles. The molecule has 4 N–H and O–H groups in total. The standard InChI is InChI=1S/C13H18N2O4/c1-19-11(13(17)18)8-15-12(16)7-6-9-4-2-3-5-10(9)14/h2-5,11H,6-8,14H2,1H3,(H,15,16)(H,17,18). The van der Waals surface area contributed by atoms with Crippen molar-refractivity contribution in [3.63, 3.8) is 0 Å². The van der Waals surface area contributed by atoms with Crippen molar-refractivity contribution in [2.45, 2.75) is 18.9 Å². The number of carbonyl (C=O) groups is 2. The molecule has 0 radical (unpaired) electrons. The van der Waals surface area contributed by atoms with E-state index in [0.717, 1.165) is 5.56 Å². The van der Waals surface area contributed by atoms with E-state index in [-0.39, 0.29) is 18.9 Å². The molecule has 6 heteroatoms. The van der Waals surface area contributed by atoms with Crippen molar-refractivity contribution in [1.82, 2.24) is 5.32 Å². The number of hydrogen-bond donors (Lipinski definition) is 3. The van der Waals surface area contributed by atoms with Gasteiger partial charge in [-0.25, -0.2) is 4.79 Å². The van der Waals surface area contributed by atoms with Gasteiger partial charge < -0.3 is 20.9 Å². The van der Waals surface area contributed by atoms with Crippen molar-refractivity contribution in [3.05, 3.63) is 29.8 Å². The number of aryl methyl sites for hydroxylation is 1. The quantitative estimate of drug-likeness (QED) is 0.621. The van der Waals surface area contributed by atoms with Crippen molar-refractivity contribution < 1.29 is 19.4 Å². The Kier molecular flexibility index (Phi) is 5.81. The van der Waals surface area contributed by atoms with Crippen LogP contribution in [0, 0.1) is 0 Å². The number of carbonyl (C=O) groups excluding carboxylic acids is 1. The lowest BCUT2D eigenvalue weighted by Gasteiger charge is -2.11. The summed E-state index contributed by atoms with van der Waals surface area (Å²) in [7, 11) is 1.29. The second-order valence-corrected chi connectivity index (χ2v) is 4.07. The molecule has 1 atom stereocenters. The summed E-state index contributed by atoms with van der Waals surface area (Å²) in [6.45, 7) is -0.0467. The number of hydrogen-bond acceptors (Lipinski definition) is 4. The minimum Gasteiger partial charge on any atom is -0.479 e. The highest BCUT2D eigenvalue weighted by Gasteiger charge is 2.16. The number of aliphatic carboxylic acids is 1. The number of rotatable bonds is 7. The zero-order valence-electron chi connectivity index (χ0n) is 10.8. The van der Waals surface area contributed by atoms with Crippen molar-refractivity contribution in [1.29, 1.82) is 0 Å². The molecule has 0 spiro atoms. The summed E-state index contributed by atoms with van der Waals surface area (Å²) < 4.78 is 4.71. The molecular formula is C13H18N2O4. The van der Waals surface area contributed by atoms with Crippen LogP contribution in [-0.2, 0) is 20.7 Å². The molecule has 0 aliphatic heterocycles. The Labute approximate surface area is 111 Å². The van der Waals surface area contributed by atoms with E-state index in [2.05, 4.69) is 5.32 Å². The van der Waals surface area contributed by atoms with E-state index in [0.29, 0.717) is 12.1 Å². The van der Waals surface area contributed by atoms with E-state index in [1.54, 1.807) is 6.07 Å². The molecule has 0 fully saturated rings. The van der Waals surface area contributed by atoms with Crippen molar-refractivity contribution >= 4 is 17.6 Å². The van der Waals surface area contributed by atoms with Crippen LogP contribution in [0.2, 0.25) is 0 Å². The summed E-state index contributed by atoms with van der Waals surface area (Å²) in [6, 6.07) is 7.32. The Morgan fingerprint density at radius 2 is 2.11 bits per heavy atom. The van der Waals surface area contributed by atoms with Gasteiger partial charge in [0.05, 0.1) is 6.54 Å². The Balaban J connectivity index is 2.36. The van der Waals surface area contributed by atoms with Gasteiger partial charge in [-0.05, 0) is 18.1 Å². The topological polar surface area (TPSA) is 102 Å². The largest absolute Gasteiger partial charge is 0.479 e. The minimum atomic E-state index is -1.10. The third-order valence-electron chi connectivity index (χ3n) is 2.72. The Morgan fingerprint density at radius 1 is 1.42 bits per heavy atom. The van der Waals surface area contributed by atoms with E-state index >= 15 is 0 Å². The highest BCUT2D eigenvalue weighted by molar-refractivity contribution is 5.78. The van der Waals surface area contributed by atoms with Gasteiger partial charge in [0.15, 0.2) is 6.10 Å². The molecule has 1 aromatic rings.